The zero-order chi connectivity index (χ0) is 14.6. The Morgan fingerprint density at radius 3 is 1.84 bits per heavy atom. The van der Waals surface area contributed by atoms with Crippen LogP contribution in [0, 0.1) is 0 Å². The van der Waals surface area contributed by atoms with Crippen LogP contribution in [-0.4, -0.2) is 39.1 Å². The molecule has 0 aromatic heterocycles. The molecule has 1 unspecified atom stereocenters. The molecule has 0 saturated heterocycles. The summed E-state index contributed by atoms with van der Waals surface area (Å²) in [5, 5.41) is 0. The van der Waals surface area contributed by atoms with Crippen molar-refractivity contribution in [1.29, 1.82) is 0 Å². The van der Waals surface area contributed by atoms with Crippen LogP contribution in [0.25, 0.3) is 0 Å². The Morgan fingerprint density at radius 1 is 1.05 bits per heavy atom. The van der Waals surface area contributed by atoms with Crippen molar-refractivity contribution in [3.05, 3.63) is 17.7 Å². The molecule has 0 fully saturated rings. The molecule has 19 heavy (non-hydrogen) atoms. The Hall–Kier alpha value is -2.11. The summed E-state index contributed by atoms with van der Waals surface area (Å²) in [5.74, 6) is -1.05. The van der Waals surface area contributed by atoms with E-state index in [1.165, 1.54) is 33.5 Å². The molecule has 1 rings (SSSR count). The van der Waals surface area contributed by atoms with Crippen molar-refractivity contribution in [3.63, 3.8) is 0 Å². The van der Waals surface area contributed by atoms with Gasteiger partial charge in [-0.1, -0.05) is 0 Å². The number of alkyl halides is 1. The molecule has 1 atom stereocenters. The fraction of sp³-hybridized carbons (Fsp3) is 0.385. The lowest BCUT2D eigenvalue weighted by atomic mass is 10.0. The Balaban J connectivity index is 3.30. The van der Waals surface area contributed by atoms with Crippen molar-refractivity contribution in [2.45, 2.75) is 13.1 Å². The molecule has 0 aliphatic carbocycles. The summed E-state index contributed by atoms with van der Waals surface area (Å²) in [6, 6.07) is 2.61. The molecule has 104 valence electrons. The van der Waals surface area contributed by atoms with Crippen molar-refractivity contribution < 1.29 is 28.2 Å². The van der Waals surface area contributed by atoms with Gasteiger partial charge in [0.25, 0.3) is 0 Å². The number of Topliss-reactive ketones (excluding diaryl/α,β-unsaturated/α-hetero) is 2. The van der Waals surface area contributed by atoms with E-state index in [2.05, 4.69) is 0 Å². The predicted octanol–water partition coefficient (Wildman–Crippen LogP) is 1.82. The molecule has 0 aliphatic heterocycles. The summed E-state index contributed by atoms with van der Waals surface area (Å²) in [6.07, 6.45) is -2.19. The van der Waals surface area contributed by atoms with Gasteiger partial charge in [-0.05, 0) is 19.1 Å². The quantitative estimate of drug-likeness (QED) is 0.583. The minimum Gasteiger partial charge on any atom is -0.493 e. The first-order chi connectivity index (χ1) is 8.96. The van der Waals surface area contributed by atoms with Crippen LogP contribution in [0.5, 0.6) is 17.2 Å². The minimum absolute atomic E-state index is 0.0165. The van der Waals surface area contributed by atoms with Gasteiger partial charge in [0, 0.05) is 5.56 Å². The molecule has 1 aromatic carbocycles. The average Bonchev–Trinajstić information content (AvgIpc) is 2.43. The lowest BCUT2D eigenvalue weighted by molar-refractivity contribution is -0.120. The maximum Gasteiger partial charge on any atom is 0.220 e. The van der Waals surface area contributed by atoms with Gasteiger partial charge in [-0.3, -0.25) is 9.59 Å². The summed E-state index contributed by atoms with van der Waals surface area (Å²) >= 11 is 0. The number of carbonyl (C=O) groups is 2. The van der Waals surface area contributed by atoms with E-state index in [4.69, 9.17) is 14.2 Å². The first kappa shape index (κ1) is 14.9. The Labute approximate surface area is 110 Å². The second kappa shape index (κ2) is 6.17. The topological polar surface area (TPSA) is 61.8 Å². The average molecular weight is 270 g/mol. The molecule has 0 radical (unpaired) electrons. The van der Waals surface area contributed by atoms with E-state index in [-0.39, 0.29) is 17.1 Å². The summed E-state index contributed by atoms with van der Waals surface area (Å²) in [4.78, 5) is 22.7. The van der Waals surface area contributed by atoms with Crippen LogP contribution < -0.4 is 14.2 Å². The van der Waals surface area contributed by atoms with E-state index >= 15 is 0 Å². The molecule has 0 N–H and O–H groups in total. The molecule has 0 spiro atoms. The minimum atomic E-state index is -2.19. The van der Waals surface area contributed by atoms with E-state index < -0.39 is 17.7 Å². The number of hydrogen-bond donors (Lipinski definition) is 0. The van der Waals surface area contributed by atoms with Gasteiger partial charge in [-0.2, -0.15) is 0 Å². The normalized spacial score (nSPS) is 11.6. The predicted molar refractivity (Wildman–Crippen MR) is 66.0 cm³/mol. The number of halogens is 1. The van der Waals surface area contributed by atoms with Crippen LogP contribution in [0.4, 0.5) is 4.39 Å². The molecular weight excluding hydrogens is 255 g/mol. The summed E-state index contributed by atoms with van der Waals surface area (Å²) in [6.45, 7) is 1.01. The highest BCUT2D eigenvalue weighted by Crippen LogP contribution is 2.38. The summed E-state index contributed by atoms with van der Waals surface area (Å²) in [7, 11) is 4.17. The standard InChI is InChI=1S/C13H15FO5/c1-7(15)11(14)12(16)8-5-9(17-2)13(19-4)10(6-8)18-3/h5-6,11H,1-4H3. The number of methoxy groups -OCH3 is 3. The second-order valence-electron chi connectivity index (χ2n) is 3.75. The second-order valence-corrected chi connectivity index (χ2v) is 3.75. The van der Waals surface area contributed by atoms with E-state index in [1.807, 2.05) is 0 Å². The van der Waals surface area contributed by atoms with Crippen LogP contribution in [0.1, 0.15) is 17.3 Å². The van der Waals surface area contributed by atoms with Crippen molar-refractivity contribution in [2.75, 3.05) is 21.3 Å². The van der Waals surface area contributed by atoms with Crippen molar-refractivity contribution in [2.24, 2.45) is 0 Å². The number of ketones is 2. The molecule has 1 aromatic rings. The zero-order valence-electron chi connectivity index (χ0n) is 11.2. The van der Waals surface area contributed by atoms with E-state index in [0.717, 1.165) is 6.92 Å². The van der Waals surface area contributed by atoms with Crippen molar-refractivity contribution in [3.8, 4) is 17.2 Å². The summed E-state index contributed by atoms with van der Waals surface area (Å²) < 4.78 is 28.6. The first-order valence-corrected chi connectivity index (χ1v) is 5.45. The molecule has 0 amide bonds. The molecule has 0 bridgehead atoms. The van der Waals surface area contributed by atoms with E-state index in [1.54, 1.807) is 0 Å². The largest absolute Gasteiger partial charge is 0.493 e. The number of ether oxygens (including phenoxy) is 3. The highest BCUT2D eigenvalue weighted by molar-refractivity contribution is 6.12. The zero-order valence-corrected chi connectivity index (χ0v) is 11.2. The monoisotopic (exact) mass is 270 g/mol. The lowest BCUT2D eigenvalue weighted by Crippen LogP contribution is -2.23. The van der Waals surface area contributed by atoms with Gasteiger partial charge in [0.1, 0.15) is 0 Å². The molecule has 0 heterocycles. The van der Waals surface area contributed by atoms with Gasteiger partial charge >= 0.3 is 0 Å². The van der Waals surface area contributed by atoms with Crippen molar-refractivity contribution in [1.82, 2.24) is 0 Å². The van der Waals surface area contributed by atoms with Gasteiger partial charge in [-0.15, -0.1) is 0 Å². The third kappa shape index (κ3) is 3.01. The molecule has 5 nitrogen and oxygen atoms in total. The highest BCUT2D eigenvalue weighted by Gasteiger charge is 2.26. The third-order valence-electron chi connectivity index (χ3n) is 2.54. The van der Waals surface area contributed by atoms with E-state index in [0.29, 0.717) is 5.75 Å². The van der Waals surface area contributed by atoms with Crippen LogP contribution in [0.15, 0.2) is 12.1 Å². The Kier molecular flexibility index (Phi) is 4.86. The smallest absolute Gasteiger partial charge is 0.220 e. The number of benzene rings is 1. The number of carbonyl (C=O) groups excluding carboxylic acids is 2. The molecule has 6 heteroatoms. The van der Waals surface area contributed by atoms with Crippen LogP contribution in [0.2, 0.25) is 0 Å². The fourth-order valence-electron chi connectivity index (χ4n) is 1.55. The Morgan fingerprint density at radius 2 is 1.53 bits per heavy atom. The number of rotatable bonds is 6. The maximum atomic E-state index is 13.4. The van der Waals surface area contributed by atoms with Gasteiger partial charge in [-0.25, -0.2) is 4.39 Å². The van der Waals surface area contributed by atoms with Crippen molar-refractivity contribution >= 4 is 11.6 Å². The van der Waals surface area contributed by atoms with Gasteiger partial charge < -0.3 is 14.2 Å². The van der Waals surface area contributed by atoms with Crippen LogP contribution >= 0.6 is 0 Å². The van der Waals surface area contributed by atoms with Crippen LogP contribution in [0.3, 0.4) is 0 Å². The Bertz CT molecular complexity index is 473. The maximum absolute atomic E-state index is 13.4. The molecule has 0 saturated carbocycles. The fourth-order valence-corrected chi connectivity index (χ4v) is 1.55. The SMILES string of the molecule is COc1cc(C(=O)C(F)C(C)=O)cc(OC)c1OC. The molecular formula is C13H15FO5. The lowest BCUT2D eigenvalue weighted by Gasteiger charge is -2.14. The van der Waals surface area contributed by atoms with Gasteiger partial charge in [0.2, 0.25) is 17.7 Å². The molecule has 0 aliphatic rings. The van der Waals surface area contributed by atoms with Crippen LogP contribution in [-0.2, 0) is 4.79 Å². The van der Waals surface area contributed by atoms with Gasteiger partial charge in [0.05, 0.1) is 21.3 Å². The summed E-state index contributed by atoms with van der Waals surface area (Å²) in [5.41, 5.74) is -0.0165. The number of hydrogen-bond acceptors (Lipinski definition) is 5. The highest BCUT2D eigenvalue weighted by atomic mass is 19.1. The van der Waals surface area contributed by atoms with Gasteiger partial charge in [0.15, 0.2) is 17.3 Å². The van der Waals surface area contributed by atoms with E-state index in [9.17, 15) is 14.0 Å². The third-order valence-corrected chi connectivity index (χ3v) is 2.54. The first-order valence-electron chi connectivity index (χ1n) is 5.45.